The van der Waals surface area contributed by atoms with Crippen molar-refractivity contribution >= 4 is 10.0 Å². The first-order chi connectivity index (χ1) is 8.56. The van der Waals surface area contributed by atoms with Gasteiger partial charge in [-0.1, -0.05) is 24.3 Å². The Bertz CT molecular complexity index is 499. The standard InChI is InChI=1S/C13H19NO3S/c14-18(15,16)10-4-9-17-13-8-3-6-11-5-1-2-7-12(11)13/h1-2,5,7,13H,3-4,6,8-10H2,(H2,14,15,16). The van der Waals surface area contributed by atoms with Crippen LogP contribution in [0.15, 0.2) is 24.3 Å². The van der Waals surface area contributed by atoms with Gasteiger partial charge in [-0.15, -0.1) is 0 Å². The summed E-state index contributed by atoms with van der Waals surface area (Å²) in [6, 6.07) is 8.29. The van der Waals surface area contributed by atoms with Gasteiger partial charge in [0, 0.05) is 6.61 Å². The third kappa shape index (κ3) is 3.80. The van der Waals surface area contributed by atoms with Crippen LogP contribution in [0, 0.1) is 0 Å². The predicted octanol–water partition coefficient (Wildman–Crippen LogP) is 1.76. The molecule has 0 radical (unpaired) electrons. The van der Waals surface area contributed by atoms with E-state index in [9.17, 15) is 8.42 Å². The van der Waals surface area contributed by atoms with E-state index < -0.39 is 10.0 Å². The van der Waals surface area contributed by atoms with Crippen LogP contribution in [0.1, 0.15) is 36.5 Å². The topological polar surface area (TPSA) is 69.4 Å². The van der Waals surface area contributed by atoms with E-state index >= 15 is 0 Å². The molecule has 5 heteroatoms. The third-order valence-electron chi connectivity index (χ3n) is 3.21. The van der Waals surface area contributed by atoms with Gasteiger partial charge in [0.25, 0.3) is 0 Å². The van der Waals surface area contributed by atoms with E-state index in [1.807, 2.05) is 12.1 Å². The van der Waals surface area contributed by atoms with Gasteiger partial charge in [-0.3, -0.25) is 0 Å². The molecule has 0 aromatic heterocycles. The first-order valence-corrected chi connectivity index (χ1v) is 7.98. The van der Waals surface area contributed by atoms with Crippen molar-refractivity contribution in [1.82, 2.24) is 0 Å². The Kier molecular flexibility index (Phi) is 4.37. The normalized spacial score (nSPS) is 19.5. The average Bonchev–Trinajstić information content (AvgIpc) is 2.33. The van der Waals surface area contributed by atoms with Crippen LogP contribution in [-0.4, -0.2) is 20.8 Å². The second-order valence-electron chi connectivity index (χ2n) is 4.67. The zero-order valence-corrected chi connectivity index (χ0v) is 11.2. The van der Waals surface area contributed by atoms with Crippen molar-refractivity contribution in [2.24, 2.45) is 5.14 Å². The summed E-state index contributed by atoms with van der Waals surface area (Å²) in [7, 11) is -3.37. The molecule has 0 fully saturated rings. The Morgan fingerprint density at radius 2 is 2.11 bits per heavy atom. The molecule has 0 aliphatic heterocycles. The molecule has 0 bridgehead atoms. The van der Waals surface area contributed by atoms with Gasteiger partial charge < -0.3 is 4.74 Å². The predicted molar refractivity (Wildman–Crippen MR) is 70.7 cm³/mol. The lowest BCUT2D eigenvalue weighted by atomic mass is 9.89. The minimum atomic E-state index is -3.37. The number of fused-ring (bicyclic) bond motifs is 1. The second-order valence-corrected chi connectivity index (χ2v) is 6.40. The zero-order valence-electron chi connectivity index (χ0n) is 10.3. The van der Waals surface area contributed by atoms with Gasteiger partial charge in [-0.05, 0) is 36.8 Å². The van der Waals surface area contributed by atoms with Gasteiger partial charge in [-0.2, -0.15) is 0 Å². The summed E-state index contributed by atoms with van der Waals surface area (Å²) in [5, 5.41) is 4.95. The van der Waals surface area contributed by atoms with Crippen molar-refractivity contribution in [1.29, 1.82) is 0 Å². The molecular formula is C13H19NO3S. The monoisotopic (exact) mass is 269 g/mol. The van der Waals surface area contributed by atoms with Gasteiger partial charge in [0.15, 0.2) is 0 Å². The van der Waals surface area contributed by atoms with Gasteiger partial charge in [0.05, 0.1) is 11.9 Å². The fourth-order valence-corrected chi connectivity index (χ4v) is 2.89. The number of ether oxygens (including phenoxy) is 1. The van der Waals surface area contributed by atoms with Crippen LogP contribution in [0.4, 0.5) is 0 Å². The van der Waals surface area contributed by atoms with Crippen LogP contribution in [0.25, 0.3) is 0 Å². The zero-order chi connectivity index (χ0) is 13.0. The van der Waals surface area contributed by atoms with Crippen molar-refractivity contribution in [3.8, 4) is 0 Å². The molecule has 18 heavy (non-hydrogen) atoms. The third-order valence-corrected chi connectivity index (χ3v) is 4.06. The Labute approximate surface area is 108 Å². The van der Waals surface area contributed by atoms with E-state index in [2.05, 4.69) is 12.1 Å². The quantitative estimate of drug-likeness (QED) is 0.828. The molecule has 2 rings (SSSR count). The van der Waals surface area contributed by atoms with E-state index in [0.29, 0.717) is 13.0 Å². The number of hydrogen-bond donors (Lipinski definition) is 1. The van der Waals surface area contributed by atoms with Crippen LogP contribution in [0.2, 0.25) is 0 Å². The largest absolute Gasteiger partial charge is 0.373 e. The van der Waals surface area contributed by atoms with E-state index in [1.54, 1.807) is 0 Å². The Hall–Kier alpha value is -0.910. The average molecular weight is 269 g/mol. The number of primary sulfonamides is 1. The van der Waals surface area contributed by atoms with Crippen LogP contribution >= 0.6 is 0 Å². The summed E-state index contributed by atoms with van der Waals surface area (Å²) < 4.78 is 27.4. The molecular weight excluding hydrogens is 250 g/mol. The van der Waals surface area contributed by atoms with E-state index in [-0.39, 0.29) is 11.9 Å². The Morgan fingerprint density at radius 1 is 1.33 bits per heavy atom. The first kappa shape index (κ1) is 13.5. The maximum atomic E-state index is 10.8. The maximum absolute atomic E-state index is 10.8. The molecule has 0 spiro atoms. The van der Waals surface area contributed by atoms with Gasteiger partial charge in [-0.25, -0.2) is 13.6 Å². The number of rotatable bonds is 5. The highest BCUT2D eigenvalue weighted by Crippen LogP contribution is 2.32. The molecule has 4 nitrogen and oxygen atoms in total. The van der Waals surface area contributed by atoms with Crippen molar-refractivity contribution < 1.29 is 13.2 Å². The highest BCUT2D eigenvalue weighted by atomic mass is 32.2. The molecule has 1 unspecified atom stereocenters. The SMILES string of the molecule is NS(=O)(=O)CCCOC1CCCc2ccccc21. The molecule has 1 aliphatic carbocycles. The smallest absolute Gasteiger partial charge is 0.209 e. The van der Waals surface area contributed by atoms with E-state index in [1.165, 1.54) is 11.1 Å². The molecule has 1 atom stereocenters. The van der Waals surface area contributed by atoms with E-state index in [4.69, 9.17) is 9.88 Å². The van der Waals surface area contributed by atoms with Gasteiger partial charge in [0.2, 0.25) is 10.0 Å². The Balaban J connectivity index is 1.88. The lowest BCUT2D eigenvalue weighted by molar-refractivity contribution is 0.0414. The molecule has 1 aromatic carbocycles. The molecule has 0 saturated carbocycles. The molecule has 1 aliphatic rings. The minimum absolute atomic E-state index is 0.0125. The number of sulfonamides is 1. The molecule has 100 valence electrons. The lowest BCUT2D eigenvalue weighted by Gasteiger charge is -2.25. The van der Waals surface area contributed by atoms with Crippen LogP contribution in [0.3, 0.4) is 0 Å². The summed E-state index contributed by atoms with van der Waals surface area (Å²) in [5.74, 6) is -0.0125. The summed E-state index contributed by atoms with van der Waals surface area (Å²) >= 11 is 0. The fourth-order valence-electron chi connectivity index (χ4n) is 2.37. The van der Waals surface area contributed by atoms with Crippen molar-refractivity contribution in [3.05, 3.63) is 35.4 Å². The highest BCUT2D eigenvalue weighted by Gasteiger charge is 2.19. The molecule has 2 N–H and O–H groups in total. The van der Waals surface area contributed by atoms with Crippen molar-refractivity contribution in [2.45, 2.75) is 31.8 Å². The van der Waals surface area contributed by atoms with Crippen LogP contribution in [0.5, 0.6) is 0 Å². The van der Waals surface area contributed by atoms with Gasteiger partial charge >= 0.3 is 0 Å². The fraction of sp³-hybridized carbons (Fsp3) is 0.538. The number of hydrogen-bond acceptors (Lipinski definition) is 3. The number of benzene rings is 1. The number of nitrogens with two attached hydrogens (primary N) is 1. The summed E-state index contributed by atoms with van der Waals surface area (Å²) in [6.07, 6.45) is 3.80. The molecule has 1 aromatic rings. The summed E-state index contributed by atoms with van der Waals surface area (Å²) in [4.78, 5) is 0. The summed E-state index contributed by atoms with van der Waals surface area (Å²) in [5.41, 5.74) is 2.60. The molecule has 0 amide bonds. The van der Waals surface area contributed by atoms with Crippen molar-refractivity contribution in [2.75, 3.05) is 12.4 Å². The lowest BCUT2D eigenvalue weighted by Crippen LogP contribution is -2.19. The van der Waals surface area contributed by atoms with Gasteiger partial charge in [0.1, 0.15) is 0 Å². The maximum Gasteiger partial charge on any atom is 0.209 e. The first-order valence-electron chi connectivity index (χ1n) is 6.26. The highest BCUT2D eigenvalue weighted by molar-refractivity contribution is 7.89. The van der Waals surface area contributed by atoms with Crippen LogP contribution in [-0.2, 0) is 21.2 Å². The van der Waals surface area contributed by atoms with E-state index in [0.717, 1.165) is 19.3 Å². The van der Waals surface area contributed by atoms with Crippen molar-refractivity contribution in [3.63, 3.8) is 0 Å². The minimum Gasteiger partial charge on any atom is -0.373 e. The molecule has 0 heterocycles. The Morgan fingerprint density at radius 3 is 2.89 bits per heavy atom. The van der Waals surface area contributed by atoms with Crippen LogP contribution < -0.4 is 5.14 Å². The molecule has 0 saturated heterocycles. The number of aryl methyl sites for hydroxylation is 1. The second kappa shape index (κ2) is 5.82. The summed E-state index contributed by atoms with van der Waals surface area (Å²) in [6.45, 7) is 0.440.